The van der Waals surface area contributed by atoms with Gasteiger partial charge >= 0.3 is 12.2 Å². The van der Waals surface area contributed by atoms with Crippen LogP contribution in [-0.2, 0) is 16.0 Å². The molecule has 0 unspecified atom stereocenters. The maximum absolute atomic E-state index is 12.8. The van der Waals surface area contributed by atoms with Crippen LogP contribution in [0.3, 0.4) is 0 Å². The summed E-state index contributed by atoms with van der Waals surface area (Å²) in [4.78, 5) is 39.3. The topological polar surface area (TPSA) is 128 Å². The van der Waals surface area contributed by atoms with E-state index < -0.39 is 17.8 Å². The predicted molar refractivity (Wildman–Crippen MR) is 172 cm³/mol. The van der Waals surface area contributed by atoms with Crippen molar-refractivity contribution in [1.29, 1.82) is 0 Å². The fourth-order valence-corrected chi connectivity index (χ4v) is 6.46. The van der Waals surface area contributed by atoms with Crippen LogP contribution in [0.1, 0.15) is 84.1 Å². The highest BCUT2D eigenvalue weighted by Crippen LogP contribution is 2.37. The van der Waals surface area contributed by atoms with Crippen molar-refractivity contribution >= 4 is 23.8 Å². The molecule has 0 atom stereocenters. The largest absolute Gasteiger partial charge is 0.465 e. The Morgan fingerprint density at radius 3 is 2.23 bits per heavy atom. The summed E-state index contributed by atoms with van der Waals surface area (Å²) in [5.41, 5.74) is 2.91. The second-order valence-electron chi connectivity index (χ2n) is 13.3. The van der Waals surface area contributed by atoms with Crippen LogP contribution in [0.2, 0.25) is 0 Å². The van der Waals surface area contributed by atoms with E-state index in [4.69, 9.17) is 4.74 Å². The molecule has 0 aromatic heterocycles. The predicted octanol–water partition coefficient (Wildman–Crippen LogP) is 6.52. The monoisotopic (exact) mass is 607 g/mol. The van der Waals surface area contributed by atoms with Gasteiger partial charge in [0.2, 0.25) is 5.91 Å². The Balaban J connectivity index is 1.42. The normalized spacial score (nSPS) is 22.1. The number of ether oxygens (including phenoxy) is 1. The minimum absolute atomic E-state index is 0.0214. The van der Waals surface area contributed by atoms with E-state index in [1.54, 1.807) is 0 Å². The summed E-state index contributed by atoms with van der Waals surface area (Å²) in [6.07, 6.45) is 6.03. The second-order valence-corrected chi connectivity index (χ2v) is 13.3. The molecule has 4 N–H and O–H groups in total. The first-order valence-electron chi connectivity index (χ1n) is 16.1. The van der Waals surface area contributed by atoms with Crippen LogP contribution in [0.15, 0.2) is 48.5 Å². The number of nitrogens with one attached hydrogen (secondary N) is 2. The van der Waals surface area contributed by atoms with Crippen LogP contribution < -0.4 is 15.5 Å². The molecule has 2 aliphatic carbocycles. The van der Waals surface area contributed by atoms with Crippen LogP contribution in [0.5, 0.6) is 0 Å². The van der Waals surface area contributed by atoms with Crippen molar-refractivity contribution in [3.8, 4) is 11.1 Å². The fourth-order valence-electron chi connectivity index (χ4n) is 6.46. The molecule has 2 fully saturated rings. The Hall–Kier alpha value is -3.59. The van der Waals surface area contributed by atoms with Gasteiger partial charge in [0.05, 0.1) is 5.69 Å². The average Bonchev–Trinajstić information content (AvgIpc) is 2.99. The Kier molecular flexibility index (Phi) is 11.7. The maximum atomic E-state index is 12.8. The number of hydrogen-bond donors (Lipinski definition) is 4. The highest BCUT2D eigenvalue weighted by atomic mass is 16.6. The molecule has 2 aromatic carbocycles. The van der Waals surface area contributed by atoms with Gasteiger partial charge in [-0.1, -0.05) is 42.5 Å². The summed E-state index contributed by atoms with van der Waals surface area (Å²) in [7, 11) is 0. The van der Waals surface area contributed by atoms with Gasteiger partial charge in [0.25, 0.3) is 0 Å². The molecule has 2 aliphatic rings. The zero-order chi connectivity index (χ0) is 31.7. The lowest BCUT2D eigenvalue weighted by atomic mass is 9.82. The third kappa shape index (κ3) is 9.45. The van der Waals surface area contributed by atoms with Gasteiger partial charge < -0.3 is 25.6 Å². The van der Waals surface area contributed by atoms with Crippen LogP contribution >= 0.6 is 0 Å². The van der Waals surface area contributed by atoms with Gasteiger partial charge in [-0.15, -0.1) is 0 Å². The van der Waals surface area contributed by atoms with E-state index >= 15 is 0 Å². The number of rotatable bonds is 10. The summed E-state index contributed by atoms with van der Waals surface area (Å²) in [5, 5.41) is 25.9. The Bertz CT molecular complexity index is 1240. The van der Waals surface area contributed by atoms with Gasteiger partial charge in [-0.2, -0.15) is 0 Å². The number of hydrogen-bond acceptors (Lipinski definition) is 5. The molecule has 0 radical (unpaired) electrons. The van der Waals surface area contributed by atoms with Crippen molar-refractivity contribution in [2.45, 2.75) is 103 Å². The summed E-state index contributed by atoms with van der Waals surface area (Å²) in [6.45, 7) is 6.24. The van der Waals surface area contributed by atoms with E-state index in [0.29, 0.717) is 50.3 Å². The molecule has 240 valence electrons. The van der Waals surface area contributed by atoms with Gasteiger partial charge in [0, 0.05) is 36.7 Å². The van der Waals surface area contributed by atoms with Crippen molar-refractivity contribution in [2.75, 3.05) is 18.1 Å². The first-order valence-corrected chi connectivity index (χ1v) is 16.1. The summed E-state index contributed by atoms with van der Waals surface area (Å²) in [5.74, 6) is 0.435. The first kappa shape index (κ1) is 33.3. The molecule has 2 saturated carbocycles. The minimum atomic E-state index is -0.994. The van der Waals surface area contributed by atoms with E-state index in [9.17, 15) is 24.6 Å². The van der Waals surface area contributed by atoms with Crippen LogP contribution in [0.4, 0.5) is 15.3 Å². The van der Waals surface area contributed by atoms with Crippen molar-refractivity contribution in [3.63, 3.8) is 0 Å². The lowest BCUT2D eigenvalue weighted by molar-refractivity contribution is -0.126. The van der Waals surface area contributed by atoms with Crippen molar-refractivity contribution in [2.24, 2.45) is 11.8 Å². The Morgan fingerprint density at radius 2 is 1.61 bits per heavy atom. The molecule has 0 aliphatic heterocycles. The number of carbonyl (C=O) groups is 3. The van der Waals surface area contributed by atoms with Crippen molar-refractivity contribution in [3.05, 3.63) is 54.1 Å². The highest BCUT2D eigenvalue weighted by Gasteiger charge is 2.33. The first-order chi connectivity index (χ1) is 21.0. The SMILES string of the molecule is CC(C)(C)OC(=O)NC1CCC(N(C(=O)O)c2cc(CCCNC(=O)C3CCC(CO)CC3)ccc2-c2ccccc2)CC1. The molecule has 0 bridgehead atoms. The van der Waals surface area contributed by atoms with E-state index in [2.05, 4.69) is 10.6 Å². The van der Waals surface area contributed by atoms with E-state index in [-0.39, 0.29) is 30.5 Å². The number of anilines is 1. The van der Waals surface area contributed by atoms with Gasteiger partial charge in [0.1, 0.15) is 5.60 Å². The molecule has 9 nitrogen and oxygen atoms in total. The number of aryl methyl sites for hydroxylation is 1. The highest BCUT2D eigenvalue weighted by molar-refractivity contribution is 5.93. The second kappa shape index (κ2) is 15.4. The molecule has 0 saturated heterocycles. The summed E-state index contributed by atoms with van der Waals surface area (Å²) < 4.78 is 5.41. The van der Waals surface area contributed by atoms with Crippen LogP contribution in [-0.4, -0.2) is 59.1 Å². The van der Waals surface area contributed by atoms with Crippen molar-refractivity contribution in [1.82, 2.24) is 10.6 Å². The lowest BCUT2D eigenvalue weighted by Crippen LogP contribution is -2.47. The number of nitrogens with zero attached hydrogens (tertiary/aromatic N) is 1. The van der Waals surface area contributed by atoms with Gasteiger partial charge in [-0.3, -0.25) is 9.69 Å². The number of amides is 3. The number of alkyl carbamates (subject to hydrolysis) is 1. The van der Waals surface area contributed by atoms with Gasteiger partial charge in [-0.25, -0.2) is 9.59 Å². The third-order valence-corrected chi connectivity index (χ3v) is 8.81. The average molecular weight is 608 g/mol. The number of benzene rings is 2. The molecule has 44 heavy (non-hydrogen) atoms. The third-order valence-electron chi connectivity index (χ3n) is 8.81. The molecule has 4 rings (SSSR count). The molecule has 2 aromatic rings. The molecule has 0 spiro atoms. The Morgan fingerprint density at radius 1 is 0.932 bits per heavy atom. The quantitative estimate of drug-likeness (QED) is 0.228. The fraction of sp³-hybridized carbons (Fsp3) is 0.571. The molecule has 9 heteroatoms. The zero-order valence-electron chi connectivity index (χ0n) is 26.4. The minimum Gasteiger partial charge on any atom is -0.465 e. The van der Waals surface area contributed by atoms with E-state index in [1.165, 1.54) is 4.90 Å². The van der Waals surface area contributed by atoms with Gasteiger partial charge in [0.15, 0.2) is 0 Å². The summed E-state index contributed by atoms with van der Waals surface area (Å²) in [6, 6.07) is 15.6. The van der Waals surface area contributed by atoms with Gasteiger partial charge in [-0.05, 0) is 108 Å². The maximum Gasteiger partial charge on any atom is 0.412 e. The zero-order valence-corrected chi connectivity index (χ0v) is 26.4. The number of aliphatic hydroxyl groups excluding tert-OH is 1. The number of carboxylic acid groups (broad SMARTS) is 1. The smallest absolute Gasteiger partial charge is 0.412 e. The number of aliphatic hydroxyl groups is 1. The summed E-state index contributed by atoms with van der Waals surface area (Å²) >= 11 is 0. The van der Waals surface area contributed by atoms with E-state index in [0.717, 1.165) is 48.8 Å². The van der Waals surface area contributed by atoms with Crippen LogP contribution in [0.25, 0.3) is 11.1 Å². The Labute approximate surface area is 261 Å². The van der Waals surface area contributed by atoms with Crippen LogP contribution in [0, 0.1) is 11.8 Å². The molecular formula is C35H49N3O6. The standard InChI is InChI=1S/C35H49N3O6/c1-35(2,3)44-33(41)37-28-16-18-29(19-17-28)38(34(42)43)31-22-24(13-20-30(31)26-9-5-4-6-10-26)8-7-21-36-32(40)27-14-11-25(23-39)12-15-27/h4-6,9-10,13,20,22,25,27-29,39H,7-8,11-12,14-19,21,23H2,1-3H3,(H,36,40)(H,37,41)(H,42,43). The van der Waals surface area contributed by atoms with E-state index in [1.807, 2.05) is 69.3 Å². The molecule has 0 heterocycles. The number of carbonyl (C=O) groups excluding carboxylic acids is 2. The van der Waals surface area contributed by atoms with Crippen molar-refractivity contribution < 1.29 is 29.3 Å². The molecular weight excluding hydrogens is 558 g/mol. The molecule has 3 amide bonds. The lowest BCUT2D eigenvalue weighted by Gasteiger charge is -2.36.